The van der Waals surface area contributed by atoms with Crippen LogP contribution in [0.2, 0.25) is 0 Å². The molecule has 0 atom stereocenters. The van der Waals surface area contributed by atoms with Crippen LogP contribution in [0, 0.1) is 5.82 Å². The number of carbonyl (C=O) groups is 1. The van der Waals surface area contributed by atoms with Crippen LogP contribution in [0.4, 0.5) is 10.1 Å². The SMILES string of the molecule is O=C(Nc1ccc(F)c(S(=O)(=O)N2CCOCC2)c1)c1cccn(Cc2ccccc2)c1=O. The minimum absolute atomic E-state index is 0.0612. The Morgan fingerprint density at radius 1 is 1.03 bits per heavy atom. The lowest BCUT2D eigenvalue weighted by Gasteiger charge is -2.26. The van der Waals surface area contributed by atoms with E-state index in [4.69, 9.17) is 4.74 Å². The molecule has 8 nitrogen and oxygen atoms in total. The molecular formula is C23H22FN3O5S. The zero-order valence-corrected chi connectivity index (χ0v) is 18.4. The van der Waals surface area contributed by atoms with Gasteiger partial charge in [0, 0.05) is 25.0 Å². The number of pyridine rings is 1. The molecule has 10 heteroatoms. The molecule has 1 N–H and O–H groups in total. The number of carbonyl (C=O) groups excluding carboxylic acids is 1. The first-order valence-corrected chi connectivity index (χ1v) is 11.7. The number of ether oxygens (including phenoxy) is 1. The van der Waals surface area contributed by atoms with Crippen LogP contribution in [0.1, 0.15) is 15.9 Å². The molecule has 0 bridgehead atoms. The third-order valence-electron chi connectivity index (χ3n) is 5.24. The monoisotopic (exact) mass is 471 g/mol. The number of nitrogens with one attached hydrogen (secondary N) is 1. The first kappa shape index (κ1) is 22.8. The average Bonchev–Trinajstić information content (AvgIpc) is 2.82. The van der Waals surface area contributed by atoms with Crippen molar-refractivity contribution in [2.45, 2.75) is 11.4 Å². The molecule has 2 aromatic carbocycles. The van der Waals surface area contributed by atoms with Gasteiger partial charge in [-0.05, 0) is 35.9 Å². The van der Waals surface area contributed by atoms with E-state index >= 15 is 0 Å². The smallest absolute Gasteiger partial charge is 0.263 e. The fraction of sp³-hybridized carbons (Fsp3) is 0.217. The molecule has 33 heavy (non-hydrogen) atoms. The van der Waals surface area contributed by atoms with Crippen molar-refractivity contribution in [1.29, 1.82) is 0 Å². The van der Waals surface area contributed by atoms with Gasteiger partial charge in [0.1, 0.15) is 16.3 Å². The van der Waals surface area contributed by atoms with E-state index in [-0.39, 0.29) is 37.6 Å². The summed E-state index contributed by atoms with van der Waals surface area (Å²) >= 11 is 0. The van der Waals surface area contributed by atoms with E-state index in [0.29, 0.717) is 6.54 Å². The van der Waals surface area contributed by atoms with Crippen LogP contribution in [0.25, 0.3) is 0 Å². The summed E-state index contributed by atoms with van der Waals surface area (Å²) in [5, 5.41) is 2.51. The Hall–Kier alpha value is -3.34. The molecular weight excluding hydrogens is 449 g/mol. The number of anilines is 1. The number of hydrogen-bond donors (Lipinski definition) is 1. The molecule has 3 aromatic rings. The summed E-state index contributed by atoms with van der Waals surface area (Å²) in [5.41, 5.74) is 0.345. The number of halogens is 1. The van der Waals surface area contributed by atoms with Crippen LogP contribution >= 0.6 is 0 Å². The molecule has 1 saturated heterocycles. The molecule has 172 valence electrons. The van der Waals surface area contributed by atoms with Crippen LogP contribution in [-0.4, -0.2) is 49.5 Å². The standard InChI is InChI=1S/C23H22FN3O5S/c24-20-9-8-18(15-21(20)33(30,31)27-11-13-32-14-12-27)25-22(28)19-7-4-10-26(23(19)29)16-17-5-2-1-3-6-17/h1-10,15H,11-14,16H2,(H,25,28). The van der Waals surface area contributed by atoms with Crippen molar-refractivity contribution in [2.75, 3.05) is 31.6 Å². The number of amides is 1. The third-order valence-corrected chi connectivity index (χ3v) is 7.15. The molecule has 1 aliphatic rings. The molecule has 0 unspecified atom stereocenters. The highest BCUT2D eigenvalue weighted by molar-refractivity contribution is 7.89. The summed E-state index contributed by atoms with van der Waals surface area (Å²) in [6.07, 6.45) is 1.58. The predicted molar refractivity (Wildman–Crippen MR) is 120 cm³/mol. The number of morpholine rings is 1. The topological polar surface area (TPSA) is 97.7 Å². The largest absolute Gasteiger partial charge is 0.379 e. The van der Waals surface area contributed by atoms with E-state index < -0.39 is 32.2 Å². The van der Waals surface area contributed by atoms with Crippen LogP contribution in [-0.2, 0) is 21.3 Å². The summed E-state index contributed by atoms with van der Waals surface area (Å²) in [4.78, 5) is 25.1. The molecule has 0 saturated carbocycles. The van der Waals surface area contributed by atoms with Gasteiger partial charge in [-0.15, -0.1) is 0 Å². The first-order chi connectivity index (χ1) is 15.9. The van der Waals surface area contributed by atoms with Gasteiger partial charge in [0.25, 0.3) is 11.5 Å². The second kappa shape index (κ2) is 9.65. The van der Waals surface area contributed by atoms with E-state index in [0.717, 1.165) is 22.0 Å². The molecule has 0 radical (unpaired) electrons. The summed E-state index contributed by atoms with van der Waals surface area (Å²) in [7, 11) is -4.10. The second-order valence-electron chi connectivity index (χ2n) is 7.46. The van der Waals surface area contributed by atoms with Gasteiger partial charge >= 0.3 is 0 Å². The quantitative estimate of drug-likeness (QED) is 0.595. The third kappa shape index (κ3) is 5.03. The van der Waals surface area contributed by atoms with Crippen molar-refractivity contribution < 1.29 is 22.3 Å². The summed E-state index contributed by atoms with van der Waals surface area (Å²) in [5.74, 6) is -1.65. The Morgan fingerprint density at radius 3 is 2.48 bits per heavy atom. The van der Waals surface area contributed by atoms with Crippen molar-refractivity contribution in [1.82, 2.24) is 8.87 Å². The van der Waals surface area contributed by atoms with Gasteiger partial charge in [-0.3, -0.25) is 9.59 Å². The van der Waals surface area contributed by atoms with Gasteiger partial charge in [-0.2, -0.15) is 4.31 Å². The number of rotatable bonds is 6. The minimum atomic E-state index is -4.10. The molecule has 1 fully saturated rings. The summed E-state index contributed by atoms with van der Waals surface area (Å²) < 4.78 is 47.8. The number of nitrogens with zero attached hydrogens (tertiary/aromatic N) is 2. The van der Waals surface area contributed by atoms with Gasteiger partial charge < -0.3 is 14.6 Å². The lowest BCUT2D eigenvalue weighted by molar-refractivity contribution is 0.0729. The first-order valence-electron chi connectivity index (χ1n) is 10.3. The molecule has 0 aliphatic carbocycles. The highest BCUT2D eigenvalue weighted by Crippen LogP contribution is 2.24. The lowest BCUT2D eigenvalue weighted by Crippen LogP contribution is -2.40. The van der Waals surface area contributed by atoms with E-state index in [1.807, 2.05) is 30.3 Å². The van der Waals surface area contributed by atoms with Crippen molar-refractivity contribution in [3.63, 3.8) is 0 Å². The van der Waals surface area contributed by atoms with Crippen LogP contribution in [0.15, 0.2) is 76.6 Å². The van der Waals surface area contributed by atoms with E-state index in [1.165, 1.54) is 16.7 Å². The molecule has 1 aromatic heterocycles. The highest BCUT2D eigenvalue weighted by atomic mass is 32.2. The zero-order chi connectivity index (χ0) is 23.4. The summed E-state index contributed by atoms with van der Waals surface area (Å²) in [6.45, 7) is 0.965. The number of hydrogen-bond acceptors (Lipinski definition) is 5. The number of aromatic nitrogens is 1. The van der Waals surface area contributed by atoms with Crippen molar-refractivity contribution in [2.24, 2.45) is 0 Å². The average molecular weight is 472 g/mol. The lowest BCUT2D eigenvalue weighted by atomic mass is 10.2. The van der Waals surface area contributed by atoms with Crippen LogP contribution < -0.4 is 10.9 Å². The molecule has 4 rings (SSSR count). The molecule has 0 spiro atoms. The Labute approximate surface area is 190 Å². The maximum atomic E-state index is 14.4. The molecule has 2 heterocycles. The maximum Gasteiger partial charge on any atom is 0.263 e. The Balaban J connectivity index is 1.58. The zero-order valence-electron chi connectivity index (χ0n) is 17.6. The van der Waals surface area contributed by atoms with Crippen LogP contribution in [0.5, 0.6) is 0 Å². The predicted octanol–water partition coefficient (Wildman–Crippen LogP) is 2.31. The fourth-order valence-corrected chi connectivity index (χ4v) is 5.02. The fourth-order valence-electron chi connectivity index (χ4n) is 3.52. The van der Waals surface area contributed by atoms with E-state index in [2.05, 4.69) is 5.32 Å². The van der Waals surface area contributed by atoms with E-state index in [1.54, 1.807) is 12.3 Å². The van der Waals surface area contributed by atoms with Gasteiger partial charge in [-0.1, -0.05) is 30.3 Å². The second-order valence-corrected chi connectivity index (χ2v) is 9.36. The molecule has 1 amide bonds. The van der Waals surface area contributed by atoms with E-state index in [9.17, 15) is 22.4 Å². The number of benzene rings is 2. The summed E-state index contributed by atoms with van der Waals surface area (Å²) in [6, 6.07) is 15.6. The Kier molecular flexibility index (Phi) is 6.68. The van der Waals surface area contributed by atoms with Crippen molar-refractivity contribution in [3.8, 4) is 0 Å². The van der Waals surface area contributed by atoms with Gasteiger partial charge in [-0.25, -0.2) is 12.8 Å². The van der Waals surface area contributed by atoms with Gasteiger partial charge in [0.2, 0.25) is 10.0 Å². The Bertz CT molecular complexity index is 1320. The minimum Gasteiger partial charge on any atom is -0.379 e. The van der Waals surface area contributed by atoms with Crippen LogP contribution in [0.3, 0.4) is 0 Å². The molecule has 1 aliphatic heterocycles. The maximum absolute atomic E-state index is 14.4. The normalized spacial score (nSPS) is 14.7. The highest BCUT2D eigenvalue weighted by Gasteiger charge is 2.29. The van der Waals surface area contributed by atoms with Gasteiger partial charge in [0.15, 0.2) is 0 Å². The number of sulfonamides is 1. The van der Waals surface area contributed by atoms with Gasteiger partial charge in [0.05, 0.1) is 19.8 Å². The van der Waals surface area contributed by atoms with Crippen molar-refractivity contribution in [3.05, 3.63) is 94.2 Å². The van der Waals surface area contributed by atoms with Crippen molar-refractivity contribution >= 4 is 21.6 Å². The Morgan fingerprint density at radius 2 is 1.76 bits per heavy atom.